The van der Waals surface area contributed by atoms with Crippen molar-refractivity contribution in [2.75, 3.05) is 13.1 Å². The molecule has 0 amide bonds. The molecule has 4 rings (SSSR count). The van der Waals surface area contributed by atoms with Crippen LogP contribution < -0.4 is 0 Å². The Morgan fingerprint density at radius 2 is 1.92 bits per heavy atom. The lowest BCUT2D eigenvalue weighted by molar-refractivity contribution is -0.00688. The minimum atomic E-state index is -0.836. The number of hydrogen-bond donors (Lipinski definition) is 1. The molecule has 4 nitrogen and oxygen atoms in total. The highest BCUT2D eigenvalue weighted by Crippen LogP contribution is 2.50. The fourth-order valence-corrected chi connectivity index (χ4v) is 4.37. The molecule has 0 unspecified atom stereocenters. The number of benzene rings is 1. The molecule has 126 valence electrons. The second-order valence-corrected chi connectivity index (χ2v) is 7.17. The summed E-state index contributed by atoms with van der Waals surface area (Å²) in [6.07, 6.45) is 5.53. The summed E-state index contributed by atoms with van der Waals surface area (Å²) in [5.41, 5.74) is 1.11. The third-order valence-corrected chi connectivity index (χ3v) is 5.61. The third kappa shape index (κ3) is 2.72. The van der Waals surface area contributed by atoms with Crippen molar-refractivity contribution in [1.82, 2.24) is 14.9 Å². The quantitative estimate of drug-likeness (QED) is 0.941. The van der Waals surface area contributed by atoms with Crippen molar-refractivity contribution in [2.45, 2.75) is 31.9 Å². The van der Waals surface area contributed by atoms with E-state index in [1.54, 1.807) is 12.1 Å². The summed E-state index contributed by atoms with van der Waals surface area (Å²) in [7, 11) is 0. The molecule has 24 heavy (non-hydrogen) atoms. The van der Waals surface area contributed by atoms with E-state index in [9.17, 15) is 9.50 Å². The summed E-state index contributed by atoms with van der Waals surface area (Å²) in [5, 5.41) is 11.3. The average molecular weight is 327 g/mol. The Hall–Kier alpha value is -1.85. The molecule has 1 aromatic heterocycles. The van der Waals surface area contributed by atoms with Crippen molar-refractivity contribution < 1.29 is 9.50 Å². The van der Waals surface area contributed by atoms with Crippen LogP contribution in [0.4, 0.5) is 4.39 Å². The summed E-state index contributed by atoms with van der Waals surface area (Å²) in [5.74, 6) is 1.22. The van der Waals surface area contributed by atoms with Crippen LogP contribution in [-0.2, 0) is 12.1 Å². The molecular formula is C19H22FN3O. The molecule has 0 radical (unpaired) electrons. The molecule has 1 saturated heterocycles. The first-order valence-corrected chi connectivity index (χ1v) is 8.53. The third-order valence-electron chi connectivity index (χ3n) is 5.61. The number of nitrogens with zero attached hydrogens (tertiary/aromatic N) is 3. The zero-order valence-electron chi connectivity index (χ0n) is 13.8. The van der Waals surface area contributed by atoms with Crippen LogP contribution in [0, 0.1) is 24.6 Å². The van der Waals surface area contributed by atoms with Gasteiger partial charge in [-0.15, -0.1) is 0 Å². The van der Waals surface area contributed by atoms with Crippen molar-refractivity contribution >= 4 is 0 Å². The largest absolute Gasteiger partial charge is 0.385 e. The Kier molecular flexibility index (Phi) is 3.85. The number of likely N-dealkylation sites (tertiary alicyclic amines) is 1. The lowest BCUT2D eigenvalue weighted by Gasteiger charge is -2.31. The number of aromatic nitrogens is 2. The van der Waals surface area contributed by atoms with E-state index in [-0.39, 0.29) is 11.7 Å². The minimum absolute atomic E-state index is 0.203. The molecule has 1 aliphatic carbocycles. The second-order valence-electron chi connectivity index (χ2n) is 7.17. The van der Waals surface area contributed by atoms with E-state index in [1.807, 2.05) is 19.3 Å². The van der Waals surface area contributed by atoms with Gasteiger partial charge in [0.15, 0.2) is 0 Å². The SMILES string of the molecule is Cc1ncc(CN2C[C@H]3CC[C@](O)(c4ccc(F)cc4)[C@H]3C2)cn1. The molecular weight excluding hydrogens is 305 g/mol. The minimum Gasteiger partial charge on any atom is -0.385 e. The number of halogens is 1. The predicted octanol–water partition coefficient (Wildman–Crippen LogP) is 2.65. The Balaban J connectivity index is 1.50. The van der Waals surface area contributed by atoms with Gasteiger partial charge in [-0.3, -0.25) is 4.90 Å². The topological polar surface area (TPSA) is 49.2 Å². The van der Waals surface area contributed by atoms with Crippen molar-refractivity contribution in [3.63, 3.8) is 0 Å². The summed E-state index contributed by atoms with van der Waals surface area (Å²) in [6.45, 7) is 4.54. The van der Waals surface area contributed by atoms with Crippen molar-refractivity contribution in [3.05, 3.63) is 59.4 Å². The number of aryl methyl sites for hydroxylation is 1. The Morgan fingerprint density at radius 3 is 2.62 bits per heavy atom. The van der Waals surface area contributed by atoms with E-state index < -0.39 is 5.60 Å². The van der Waals surface area contributed by atoms with Gasteiger partial charge in [0.05, 0.1) is 5.60 Å². The fraction of sp³-hybridized carbons (Fsp3) is 0.474. The highest BCUT2D eigenvalue weighted by Gasteiger charge is 2.52. The van der Waals surface area contributed by atoms with Crippen molar-refractivity contribution in [3.8, 4) is 0 Å². The first kappa shape index (κ1) is 15.7. The van der Waals surface area contributed by atoms with Gasteiger partial charge in [0.2, 0.25) is 0 Å². The van der Waals surface area contributed by atoms with Crippen LogP contribution in [0.1, 0.15) is 29.8 Å². The maximum absolute atomic E-state index is 13.2. The molecule has 3 atom stereocenters. The lowest BCUT2D eigenvalue weighted by Crippen LogP contribution is -2.34. The first-order chi connectivity index (χ1) is 11.5. The van der Waals surface area contributed by atoms with Gasteiger partial charge in [-0.05, 0) is 43.4 Å². The van der Waals surface area contributed by atoms with Crippen LogP contribution in [0.15, 0.2) is 36.7 Å². The molecule has 2 fully saturated rings. The van der Waals surface area contributed by atoms with Gasteiger partial charge in [0.25, 0.3) is 0 Å². The average Bonchev–Trinajstić information content (AvgIpc) is 3.11. The molecule has 0 bridgehead atoms. The fourth-order valence-electron chi connectivity index (χ4n) is 4.37. The normalized spacial score (nSPS) is 29.8. The molecule has 5 heteroatoms. The molecule has 2 heterocycles. The number of hydrogen-bond acceptors (Lipinski definition) is 4. The molecule has 1 aliphatic heterocycles. The van der Waals surface area contributed by atoms with E-state index in [4.69, 9.17) is 0 Å². The van der Waals surface area contributed by atoms with Crippen LogP contribution in [0.25, 0.3) is 0 Å². The highest BCUT2D eigenvalue weighted by atomic mass is 19.1. The standard InChI is InChI=1S/C19H22FN3O/c1-13-21-8-14(9-22-13)10-23-11-15-6-7-19(24,18(15)12-23)16-2-4-17(20)5-3-16/h2-5,8-9,15,18,24H,6-7,10-12H2,1H3/t15-,18+,19+/m1/s1. The smallest absolute Gasteiger partial charge is 0.125 e. The van der Waals surface area contributed by atoms with E-state index in [2.05, 4.69) is 14.9 Å². The summed E-state index contributed by atoms with van der Waals surface area (Å²) in [6, 6.07) is 6.34. The number of aliphatic hydroxyl groups is 1. The first-order valence-electron chi connectivity index (χ1n) is 8.53. The summed E-state index contributed by atoms with van der Waals surface area (Å²) < 4.78 is 13.2. The van der Waals surface area contributed by atoms with Crippen LogP contribution in [0.2, 0.25) is 0 Å². The van der Waals surface area contributed by atoms with Crippen molar-refractivity contribution in [1.29, 1.82) is 0 Å². The second kappa shape index (κ2) is 5.90. The Bertz CT molecular complexity index is 718. The molecule has 0 spiro atoms. The molecule has 1 aromatic carbocycles. The highest BCUT2D eigenvalue weighted by molar-refractivity contribution is 5.27. The van der Waals surface area contributed by atoms with Gasteiger partial charge in [-0.25, -0.2) is 14.4 Å². The maximum Gasteiger partial charge on any atom is 0.125 e. The molecule has 1 saturated carbocycles. The monoisotopic (exact) mass is 327 g/mol. The van der Waals surface area contributed by atoms with Crippen LogP contribution >= 0.6 is 0 Å². The molecule has 1 N–H and O–H groups in total. The van der Waals surface area contributed by atoms with Crippen molar-refractivity contribution in [2.24, 2.45) is 11.8 Å². The summed E-state index contributed by atoms with van der Waals surface area (Å²) >= 11 is 0. The lowest BCUT2D eigenvalue weighted by atomic mass is 9.82. The summed E-state index contributed by atoms with van der Waals surface area (Å²) in [4.78, 5) is 10.9. The van der Waals surface area contributed by atoms with Gasteiger partial charge in [0.1, 0.15) is 11.6 Å². The maximum atomic E-state index is 13.2. The number of fused-ring (bicyclic) bond motifs is 1. The predicted molar refractivity (Wildman–Crippen MR) is 88.6 cm³/mol. The van der Waals surface area contributed by atoms with E-state index in [1.165, 1.54) is 12.1 Å². The Morgan fingerprint density at radius 1 is 1.21 bits per heavy atom. The molecule has 2 aromatic rings. The van der Waals surface area contributed by atoms with E-state index in [0.717, 1.165) is 49.4 Å². The van der Waals surface area contributed by atoms with Crippen LogP contribution in [-0.4, -0.2) is 33.1 Å². The zero-order valence-corrected chi connectivity index (χ0v) is 13.8. The van der Waals surface area contributed by atoms with Gasteiger partial charge in [0, 0.05) is 43.5 Å². The van der Waals surface area contributed by atoms with Gasteiger partial charge < -0.3 is 5.11 Å². The van der Waals surface area contributed by atoms with Crippen LogP contribution in [0.3, 0.4) is 0 Å². The van der Waals surface area contributed by atoms with Gasteiger partial charge in [-0.1, -0.05) is 12.1 Å². The number of rotatable bonds is 3. The molecule has 2 aliphatic rings. The van der Waals surface area contributed by atoms with E-state index >= 15 is 0 Å². The van der Waals surface area contributed by atoms with Crippen LogP contribution in [0.5, 0.6) is 0 Å². The van der Waals surface area contributed by atoms with Gasteiger partial charge >= 0.3 is 0 Å². The Labute approximate surface area is 141 Å². The van der Waals surface area contributed by atoms with E-state index in [0.29, 0.717) is 5.92 Å². The van der Waals surface area contributed by atoms with Gasteiger partial charge in [-0.2, -0.15) is 0 Å². The zero-order chi connectivity index (χ0) is 16.7.